The summed E-state index contributed by atoms with van der Waals surface area (Å²) in [5.74, 6) is -0.478. The maximum absolute atomic E-state index is 13.8. The van der Waals surface area contributed by atoms with Crippen molar-refractivity contribution in [3.05, 3.63) is 35.9 Å². The Morgan fingerprint density at radius 3 is 3.00 bits per heavy atom. The lowest BCUT2D eigenvalue weighted by Crippen LogP contribution is -2.44. The highest BCUT2D eigenvalue weighted by atomic mass is 19.1. The Morgan fingerprint density at radius 2 is 2.22 bits per heavy atom. The molecule has 7 nitrogen and oxygen atoms in total. The van der Waals surface area contributed by atoms with E-state index in [0.29, 0.717) is 18.8 Å². The molecule has 1 N–H and O–H groups in total. The lowest BCUT2D eigenvalue weighted by Gasteiger charge is -2.37. The first kappa shape index (κ1) is 17.9. The number of hydrogen-bond acceptors (Lipinski definition) is 5. The predicted molar refractivity (Wildman–Crippen MR) is 102 cm³/mol. The fraction of sp³-hybridized carbons (Fsp3) is 0.526. The number of amides is 1. The van der Waals surface area contributed by atoms with Crippen molar-refractivity contribution in [2.45, 2.75) is 32.2 Å². The first-order valence-corrected chi connectivity index (χ1v) is 9.66. The van der Waals surface area contributed by atoms with Gasteiger partial charge in [-0.2, -0.15) is 0 Å². The van der Waals surface area contributed by atoms with Gasteiger partial charge in [0.25, 0.3) is 5.91 Å². The van der Waals surface area contributed by atoms with Gasteiger partial charge in [0.15, 0.2) is 5.69 Å². The van der Waals surface area contributed by atoms with Crippen LogP contribution in [0.15, 0.2) is 24.4 Å². The molecular weight excluding hydrogens is 347 g/mol. The number of fused-ring (bicyclic) bond motifs is 1. The molecule has 0 saturated carbocycles. The minimum absolute atomic E-state index is 0.186. The molecule has 4 rings (SSSR count). The van der Waals surface area contributed by atoms with Gasteiger partial charge < -0.3 is 15.1 Å². The summed E-state index contributed by atoms with van der Waals surface area (Å²) in [6, 6.07) is 4.82. The van der Waals surface area contributed by atoms with Crippen molar-refractivity contribution in [1.29, 1.82) is 0 Å². The normalized spacial score (nSPS) is 19.9. The molecule has 1 fully saturated rings. The van der Waals surface area contributed by atoms with Gasteiger partial charge in [0.2, 0.25) is 0 Å². The van der Waals surface area contributed by atoms with Gasteiger partial charge in [0, 0.05) is 26.2 Å². The number of anilines is 2. The number of nitrogens with zero attached hydrogens (tertiary/aromatic N) is 5. The summed E-state index contributed by atoms with van der Waals surface area (Å²) in [6.07, 6.45) is 4.82. The van der Waals surface area contributed by atoms with Crippen LogP contribution in [0, 0.1) is 5.82 Å². The lowest BCUT2D eigenvalue weighted by molar-refractivity contribution is 0.0981. The van der Waals surface area contributed by atoms with Crippen LogP contribution >= 0.6 is 0 Å². The Kier molecular flexibility index (Phi) is 5.07. The Bertz CT molecular complexity index is 816. The summed E-state index contributed by atoms with van der Waals surface area (Å²) in [7, 11) is 0. The van der Waals surface area contributed by atoms with E-state index in [0.717, 1.165) is 50.3 Å². The summed E-state index contributed by atoms with van der Waals surface area (Å²) >= 11 is 0. The monoisotopic (exact) mass is 372 g/mol. The van der Waals surface area contributed by atoms with Crippen molar-refractivity contribution in [2.24, 2.45) is 0 Å². The molecule has 1 aromatic heterocycles. The van der Waals surface area contributed by atoms with Gasteiger partial charge >= 0.3 is 0 Å². The van der Waals surface area contributed by atoms with Gasteiger partial charge in [-0.05, 0) is 44.0 Å². The lowest BCUT2D eigenvalue weighted by atomic mass is 10.1. The Hall–Kier alpha value is -2.48. The first-order chi connectivity index (χ1) is 13.2. The summed E-state index contributed by atoms with van der Waals surface area (Å²) in [4.78, 5) is 16.9. The van der Waals surface area contributed by atoms with Crippen LogP contribution in [0.1, 0.15) is 42.7 Å². The van der Waals surface area contributed by atoms with Crippen LogP contribution in [-0.2, 0) is 0 Å². The number of benzene rings is 1. The molecule has 1 unspecified atom stereocenters. The van der Waals surface area contributed by atoms with Crippen molar-refractivity contribution in [3.8, 4) is 0 Å². The molecule has 2 aromatic rings. The van der Waals surface area contributed by atoms with E-state index < -0.39 is 0 Å². The highest BCUT2D eigenvalue weighted by Crippen LogP contribution is 2.34. The molecule has 27 heavy (non-hydrogen) atoms. The molecule has 2 aliphatic heterocycles. The average molecular weight is 372 g/mol. The van der Waals surface area contributed by atoms with E-state index in [9.17, 15) is 9.18 Å². The minimum Gasteiger partial charge on any atom is -0.368 e. The van der Waals surface area contributed by atoms with Gasteiger partial charge in [-0.3, -0.25) is 4.79 Å². The van der Waals surface area contributed by atoms with Crippen molar-refractivity contribution in [1.82, 2.24) is 20.3 Å². The van der Waals surface area contributed by atoms with Gasteiger partial charge in [0.1, 0.15) is 5.82 Å². The van der Waals surface area contributed by atoms with Crippen molar-refractivity contribution in [2.75, 3.05) is 42.5 Å². The van der Waals surface area contributed by atoms with Crippen LogP contribution in [0.3, 0.4) is 0 Å². The molecule has 0 bridgehead atoms. The molecule has 1 atom stereocenters. The molecular formula is C19H25FN6O. The topological polar surface area (TPSA) is 66.3 Å². The zero-order valence-corrected chi connectivity index (χ0v) is 15.6. The van der Waals surface area contributed by atoms with E-state index in [1.807, 2.05) is 0 Å². The molecule has 1 saturated heterocycles. The summed E-state index contributed by atoms with van der Waals surface area (Å²) in [6.45, 7) is 6.02. The van der Waals surface area contributed by atoms with E-state index in [4.69, 9.17) is 0 Å². The second kappa shape index (κ2) is 7.64. The quantitative estimate of drug-likeness (QED) is 0.891. The van der Waals surface area contributed by atoms with Crippen LogP contribution in [0.25, 0.3) is 0 Å². The third kappa shape index (κ3) is 3.53. The third-order valence-corrected chi connectivity index (χ3v) is 5.28. The molecule has 8 heteroatoms. The smallest absolute Gasteiger partial charge is 0.280 e. The number of aromatic nitrogens is 3. The molecule has 0 aliphatic carbocycles. The van der Waals surface area contributed by atoms with Crippen molar-refractivity contribution >= 4 is 17.3 Å². The molecule has 2 aliphatic rings. The van der Waals surface area contributed by atoms with Crippen molar-refractivity contribution in [3.63, 3.8) is 0 Å². The second-order valence-corrected chi connectivity index (χ2v) is 7.16. The number of piperidine rings is 1. The summed E-state index contributed by atoms with van der Waals surface area (Å²) < 4.78 is 15.6. The summed E-state index contributed by atoms with van der Waals surface area (Å²) in [5.41, 5.74) is 1.83. The first-order valence-electron chi connectivity index (χ1n) is 9.66. The van der Waals surface area contributed by atoms with Gasteiger partial charge in [-0.15, -0.1) is 5.10 Å². The van der Waals surface area contributed by atoms with Crippen molar-refractivity contribution < 1.29 is 9.18 Å². The Labute approximate surface area is 158 Å². The summed E-state index contributed by atoms with van der Waals surface area (Å²) in [5, 5.41) is 11.6. The third-order valence-electron chi connectivity index (χ3n) is 5.28. The molecule has 3 heterocycles. The fourth-order valence-electron chi connectivity index (χ4n) is 3.90. The number of carbonyl (C=O) groups is 1. The second-order valence-electron chi connectivity index (χ2n) is 7.16. The average Bonchev–Trinajstić information content (AvgIpc) is 3.19. The molecule has 1 amide bonds. The Morgan fingerprint density at radius 1 is 1.33 bits per heavy atom. The maximum atomic E-state index is 13.8. The van der Waals surface area contributed by atoms with E-state index in [-0.39, 0.29) is 17.8 Å². The highest BCUT2D eigenvalue weighted by molar-refractivity contribution is 6.07. The zero-order valence-electron chi connectivity index (χ0n) is 15.6. The standard InChI is InChI=1S/C19H25FN6O/c1-2-8-24-9-10-25(17-6-5-14(20)11-18(17)24)19(27)16-13-26(23-22-16)15-4-3-7-21-12-15/h5-6,11,13,15,21H,2-4,7-10,12H2,1H3. The van der Waals surface area contributed by atoms with E-state index in [1.165, 1.54) is 12.1 Å². The van der Waals surface area contributed by atoms with Crippen LogP contribution < -0.4 is 15.1 Å². The van der Waals surface area contributed by atoms with Crippen LogP contribution in [-0.4, -0.2) is 53.6 Å². The number of halogens is 1. The van der Waals surface area contributed by atoms with Gasteiger partial charge in [0.05, 0.1) is 23.6 Å². The highest BCUT2D eigenvalue weighted by Gasteiger charge is 2.29. The van der Waals surface area contributed by atoms with E-state index in [2.05, 4.69) is 27.5 Å². The molecule has 144 valence electrons. The number of carbonyl (C=O) groups excluding carboxylic acids is 1. The maximum Gasteiger partial charge on any atom is 0.280 e. The molecule has 1 aromatic carbocycles. The largest absolute Gasteiger partial charge is 0.368 e. The number of hydrogen-bond donors (Lipinski definition) is 1. The van der Waals surface area contributed by atoms with Crippen LogP contribution in [0.4, 0.5) is 15.8 Å². The zero-order chi connectivity index (χ0) is 18.8. The van der Waals surface area contributed by atoms with Gasteiger partial charge in [-0.1, -0.05) is 12.1 Å². The minimum atomic E-state index is -0.292. The molecule has 0 spiro atoms. The fourth-order valence-corrected chi connectivity index (χ4v) is 3.90. The van der Waals surface area contributed by atoms with E-state index >= 15 is 0 Å². The van der Waals surface area contributed by atoms with Crippen LogP contribution in [0.5, 0.6) is 0 Å². The Balaban J connectivity index is 1.59. The number of nitrogens with one attached hydrogen (secondary N) is 1. The van der Waals surface area contributed by atoms with Gasteiger partial charge in [-0.25, -0.2) is 9.07 Å². The predicted octanol–water partition coefficient (Wildman–Crippen LogP) is 2.22. The van der Waals surface area contributed by atoms with Crippen LogP contribution in [0.2, 0.25) is 0 Å². The molecule has 0 radical (unpaired) electrons. The van der Waals surface area contributed by atoms with E-state index in [1.54, 1.807) is 21.8 Å². The SMILES string of the molecule is CCCN1CCN(C(=O)c2cn(C3CCCNC3)nn2)c2ccc(F)cc21. The number of rotatable bonds is 4.